The summed E-state index contributed by atoms with van der Waals surface area (Å²) >= 11 is 6.67. The number of rotatable bonds is 4. The van der Waals surface area contributed by atoms with Crippen molar-refractivity contribution in [1.82, 2.24) is 10.3 Å². The van der Waals surface area contributed by atoms with Crippen molar-refractivity contribution < 1.29 is 0 Å². The van der Waals surface area contributed by atoms with Gasteiger partial charge in [0.25, 0.3) is 0 Å². The first-order valence-corrected chi connectivity index (χ1v) is 6.33. The van der Waals surface area contributed by atoms with Crippen LogP contribution in [0, 0.1) is 11.3 Å². The van der Waals surface area contributed by atoms with E-state index in [-0.39, 0.29) is 6.04 Å². The van der Waals surface area contributed by atoms with Gasteiger partial charge in [-0.1, -0.05) is 30.0 Å². The fourth-order valence-electron chi connectivity index (χ4n) is 1.12. The van der Waals surface area contributed by atoms with Crippen molar-refractivity contribution in [3.63, 3.8) is 0 Å². The number of nitriles is 1. The summed E-state index contributed by atoms with van der Waals surface area (Å²) in [5, 5.41) is 11.6. The Morgan fingerprint density at radius 1 is 1.75 bits per heavy atom. The summed E-state index contributed by atoms with van der Waals surface area (Å²) in [5.41, 5.74) is 1.10. The largest absolute Gasteiger partial charge is 0.364 e. The van der Waals surface area contributed by atoms with Crippen LogP contribution in [0.15, 0.2) is 24.5 Å². The van der Waals surface area contributed by atoms with Gasteiger partial charge in [0.2, 0.25) is 0 Å². The van der Waals surface area contributed by atoms with Crippen molar-refractivity contribution in [1.29, 1.82) is 5.26 Å². The first kappa shape index (κ1) is 12.9. The molecule has 0 fully saturated rings. The summed E-state index contributed by atoms with van der Waals surface area (Å²) in [4.78, 5) is 4.06. The highest BCUT2D eigenvalue weighted by Gasteiger charge is 2.06. The molecule has 1 atom stereocenters. The maximum Gasteiger partial charge on any atom is 0.134 e. The molecule has 1 rings (SSSR count). The number of nitrogens with zero attached hydrogens (tertiary/aromatic N) is 2. The van der Waals surface area contributed by atoms with Gasteiger partial charge in [-0.3, -0.25) is 4.98 Å². The maximum atomic E-state index is 8.40. The number of pyridine rings is 1. The van der Waals surface area contributed by atoms with Crippen LogP contribution in [0.25, 0.3) is 0 Å². The highest BCUT2D eigenvalue weighted by atomic mass is 32.2. The molecular weight excluding hydrogens is 238 g/mol. The molecule has 0 aliphatic carbocycles. The van der Waals surface area contributed by atoms with Crippen LogP contribution in [0.1, 0.15) is 24.9 Å². The van der Waals surface area contributed by atoms with E-state index in [1.807, 2.05) is 25.3 Å². The second kappa shape index (κ2) is 7.20. The number of hydrogen-bond acceptors (Lipinski definition) is 4. The van der Waals surface area contributed by atoms with Crippen LogP contribution in [0.2, 0.25) is 0 Å². The Labute approximate surface area is 105 Å². The standard InChI is InChI=1S/C11H13N3S2/c1-9(10-4-2-6-13-8-10)14-11(15)16-7-3-5-12/h2,4,6,8-9H,3,7H2,1H3,(H,14,15). The lowest BCUT2D eigenvalue weighted by Gasteiger charge is -2.14. The van der Waals surface area contributed by atoms with Crippen LogP contribution in [-0.4, -0.2) is 15.1 Å². The molecule has 0 aromatic carbocycles. The molecule has 1 N–H and O–H groups in total. The van der Waals surface area contributed by atoms with E-state index in [1.54, 1.807) is 6.20 Å². The second-order valence-electron chi connectivity index (χ2n) is 3.20. The first-order chi connectivity index (χ1) is 7.74. The Kier molecular flexibility index (Phi) is 5.83. The van der Waals surface area contributed by atoms with Gasteiger partial charge in [-0.2, -0.15) is 5.26 Å². The minimum absolute atomic E-state index is 0.149. The van der Waals surface area contributed by atoms with E-state index in [2.05, 4.69) is 16.4 Å². The van der Waals surface area contributed by atoms with Crippen molar-refractivity contribution in [2.24, 2.45) is 0 Å². The van der Waals surface area contributed by atoms with Crippen LogP contribution in [0.5, 0.6) is 0 Å². The van der Waals surface area contributed by atoms with Gasteiger partial charge in [-0.25, -0.2) is 0 Å². The van der Waals surface area contributed by atoms with Crippen molar-refractivity contribution >= 4 is 28.3 Å². The van der Waals surface area contributed by atoms with Crippen LogP contribution >= 0.6 is 24.0 Å². The molecule has 0 amide bonds. The molecule has 1 unspecified atom stereocenters. The molecule has 0 bridgehead atoms. The fourth-order valence-corrected chi connectivity index (χ4v) is 2.19. The Hall–Kier alpha value is -1.12. The number of thiocarbonyl (C=S) groups is 1. The predicted molar refractivity (Wildman–Crippen MR) is 71.1 cm³/mol. The fraction of sp³-hybridized carbons (Fsp3) is 0.364. The number of aromatic nitrogens is 1. The molecule has 0 saturated carbocycles. The molecule has 0 aliphatic rings. The summed E-state index contributed by atoms with van der Waals surface area (Å²) in [6, 6.07) is 6.15. The molecular formula is C11H13N3S2. The Balaban J connectivity index is 2.37. The average molecular weight is 251 g/mol. The van der Waals surface area contributed by atoms with Crippen molar-refractivity contribution in [2.75, 3.05) is 5.75 Å². The van der Waals surface area contributed by atoms with Crippen molar-refractivity contribution in [3.05, 3.63) is 30.1 Å². The smallest absolute Gasteiger partial charge is 0.134 e. The van der Waals surface area contributed by atoms with E-state index in [1.165, 1.54) is 11.8 Å². The Morgan fingerprint density at radius 3 is 3.19 bits per heavy atom. The van der Waals surface area contributed by atoms with Gasteiger partial charge in [-0.15, -0.1) is 0 Å². The topological polar surface area (TPSA) is 48.7 Å². The normalized spacial score (nSPS) is 11.5. The SMILES string of the molecule is CC(NC(=S)SCCC#N)c1cccnc1. The minimum atomic E-state index is 0.149. The quantitative estimate of drug-likeness (QED) is 0.658. The predicted octanol–water partition coefficient (Wildman–Crippen LogP) is 2.66. The average Bonchev–Trinajstić information content (AvgIpc) is 2.30. The summed E-state index contributed by atoms with van der Waals surface area (Å²) in [7, 11) is 0. The molecule has 16 heavy (non-hydrogen) atoms. The number of thioether (sulfide) groups is 1. The molecule has 1 heterocycles. The summed E-state index contributed by atoms with van der Waals surface area (Å²) < 4.78 is 0.728. The monoisotopic (exact) mass is 251 g/mol. The van der Waals surface area contributed by atoms with Gasteiger partial charge in [0, 0.05) is 24.6 Å². The van der Waals surface area contributed by atoms with Crippen LogP contribution in [0.4, 0.5) is 0 Å². The van der Waals surface area contributed by atoms with E-state index in [4.69, 9.17) is 17.5 Å². The van der Waals surface area contributed by atoms with E-state index in [9.17, 15) is 0 Å². The van der Waals surface area contributed by atoms with Crippen LogP contribution in [0.3, 0.4) is 0 Å². The third-order valence-corrected chi connectivity index (χ3v) is 3.23. The van der Waals surface area contributed by atoms with Gasteiger partial charge in [0.15, 0.2) is 0 Å². The maximum absolute atomic E-state index is 8.40. The van der Waals surface area contributed by atoms with Gasteiger partial charge < -0.3 is 5.32 Å². The zero-order valence-electron chi connectivity index (χ0n) is 9.01. The van der Waals surface area contributed by atoms with E-state index in [0.717, 1.165) is 15.6 Å². The highest BCUT2D eigenvalue weighted by Crippen LogP contribution is 2.13. The third-order valence-electron chi connectivity index (χ3n) is 1.97. The molecule has 1 aromatic rings. The lowest BCUT2D eigenvalue weighted by atomic mass is 10.1. The van der Waals surface area contributed by atoms with Crippen molar-refractivity contribution in [2.45, 2.75) is 19.4 Å². The zero-order valence-corrected chi connectivity index (χ0v) is 10.6. The van der Waals surface area contributed by atoms with Crippen molar-refractivity contribution in [3.8, 4) is 6.07 Å². The van der Waals surface area contributed by atoms with E-state index >= 15 is 0 Å². The molecule has 3 nitrogen and oxygen atoms in total. The summed E-state index contributed by atoms with van der Waals surface area (Å²) in [6.45, 7) is 2.04. The highest BCUT2D eigenvalue weighted by molar-refractivity contribution is 8.22. The lowest BCUT2D eigenvalue weighted by molar-refractivity contribution is 0.725. The summed E-state index contributed by atoms with van der Waals surface area (Å²) in [6.07, 6.45) is 4.09. The number of nitrogens with one attached hydrogen (secondary N) is 1. The third kappa shape index (κ3) is 4.60. The molecule has 0 radical (unpaired) electrons. The van der Waals surface area contributed by atoms with Gasteiger partial charge in [0.1, 0.15) is 4.32 Å². The molecule has 5 heteroatoms. The van der Waals surface area contributed by atoms with E-state index in [0.29, 0.717) is 6.42 Å². The first-order valence-electron chi connectivity index (χ1n) is 4.94. The minimum Gasteiger partial charge on any atom is -0.364 e. The van der Waals surface area contributed by atoms with Gasteiger partial charge in [0.05, 0.1) is 12.1 Å². The van der Waals surface area contributed by atoms with E-state index < -0.39 is 0 Å². The Bertz CT molecular complexity index is 373. The Morgan fingerprint density at radius 2 is 2.56 bits per heavy atom. The molecule has 0 spiro atoms. The second-order valence-corrected chi connectivity index (χ2v) is 4.97. The van der Waals surface area contributed by atoms with Crippen LogP contribution < -0.4 is 5.32 Å². The molecule has 0 saturated heterocycles. The zero-order chi connectivity index (χ0) is 11.8. The number of hydrogen-bond donors (Lipinski definition) is 1. The van der Waals surface area contributed by atoms with Crippen LogP contribution in [-0.2, 0) is 0 Å². The molecule has 0 aliphatic heterocycles. The summed E-state index contributed by atoms with van der Waals surface area (Å²) in [5.74, 6) is 0.738. The molecule has 84 valence electrons. The lowest BCUT2D eigenvalue weighted by Crippen LogP contribution is -2.22. The van der Waals surface area contributed by atoms with Gasteiger partial charge in [-0.05, 0) is 18.6 Å². The van der Waals surface area contributed by atoms with Gasteiger partial charge >= 0.3 is 0 Å². The molecule has 1 aromatic heterocycles.